The van der Waals surface area contributed by atoms with E-state index in [9.17, 15) is 9.59 Å². The molecular formula is C7H10ClNO4. The van der Waals surface area contributed by atoms with Gasteiger partial charge in [0.15, 0.2) is 0 Å². The molecule has 0 aliphatic heterocycles. The first-order valence-electron chi connectivity index (χ1n) is 3.50. The molecular weight excluding hydrogens is 198 g/mol. The summed E-state index contributed by atoms with van der Waals surface area (Å²) in [5.74, 6) is -0.814. The quantitative estimate of drug-likeness (QED) is 0.424. The fraction of sp³-hybridized carbons (Fsp3) is 0.429. The zero-order chi connectivity index (χ0) is 10.3. The molecule has 74 valence electrons. The van der Waals surface area contributed by atoms with Crippen molar-refractivity contribution in [2.75, 3.05) is 13.3 Å². The van der Waals surface area contributed by atoms with Gasteiger partial charge in [0.2, 0.25) is 6.79 Å². The summed E-state index contributed by atoms with van der Waals surface area (Å²) >= 11 is 5.18. The molecule has 0 bridgehead atoms. The van der Waals surface area contributed by atoms with Crippen LogP contribution >= 0.6 is 11.6 Å². The van der Waals surface area contributed by atoms with Gasteiger partial charge >= 0.3 is 12.1 Å². The Hall–Kier alpha value is -1.23. The Bertz CT molecular complexity index is 217. The molecule has 0 unspecified atom stereocenters. The number of amides is 1. The minimum Gasteiger partial charge on any atom is -0.424 e. The van der Waals surface area contributed by atoms with Crippen molar-refractivity contribution in [1.29, 1.82) is 0 Å². The summed E-state index contributed by atoms with van der Waals surface area (Å²) in [5, 5.41) is 2.08. The fourth-order valence-electron chi connectivity index (χ4n) is 0.410. The molecule has 0 rings (SSSR count). The lowest BCUT2D eigenvalue weighted by Crippen LogP contribution is -2.25. The number of hydrogen-bond donors (Lipinski definition) is 1. The molecule has 6 heteroatoms. The van der Waals surface area contributed by atoms with E-state index < -0.39 is 18.9 Å². The van der Waals surface area contributed by atoms with E-state index >= 15 is 0 Å². The van der Waals surface area contributed by atoms with E-state index in [0.717, 1.165) is 0 Å². The summed E-state index contributed by atoms with van der Waals surface area (Å²) in [7, 11) is 0. The van der Waals surface area contributed by atoms with Crippen LogP contribution in [-0.4, -0.2) is 25.4 Å². The van der Waals surface area contributed by atoms with Crippen molar-refractivity contribution in [2.24, 2.45) is 0 Å². The third-order valence-electron chi connectivity index (χ3n) is 0.923. The highest BCUT2D eigenvalue weighted by atomic mass is 35.5. The lowest BCUT2D eigenvalue weighted by Gasteiger charge is -2.05. The van der Waals surface area contributed by atoms with Crippen molar-refractivity contribution in [3.05, 3.63) is 11.6 Å². The highest BCUT2D eigenvalue weighted by Gasteiger charge is 2.06. The predicted octanol–water partition coefficient (Wildman–Crippen LogP) is 0.986. The second kappa shape index (κ2) is 6.30. The van der Waals surface area contributed by atoms with Gasteiger partial charge in [-0.25, -0.2) is 9.59 Å². The Balaban J connectivity index is 3.50. The van der Waals surface area contributed by atoms with Crippen molar-refractivity contribution < 1.29 is 19.1 Å². The standard InChI is InChI=1S/C7H10ClNO4/c1-3-9-7(11)13-4-12-6(10)5(2)8/h2-4H2,1H3,(H,9,11). The number of carbonyl (C=O) groups excluding carboxylic acids is 2. The minimum atomic E-state index is -0.814. The molecule has 0 heterocycles. The van der Waals surface area contributed by atoms with E-state index in [1.807, 2.05) is 0 Å². The van der Waals surface area contributed by atoms with Gasteiger partial charge in [-0.15, -0.1) is 0 Å². The van der Waals surface area contributed by atoms with Crippen LogP contribution in [0.5, 0.6) is 0 Å². The average molecular weight is 208 g/mol. The van der Waals surface area contributed by atoms with Crippen LogP contribution in [0.2, 0.25) is 0 Å². The van der Waals surface area contributed by atoms with Crippen LogP contribution in [0.1, 0.15) is 6.92 Å². The van der Waals surface area contributed by atoms with Crippen LogP contribution < -0.4 is 5.32 Å². The lowest BCUT2D eigenvalue weighted by molar-refractivity contribution is -0.146. The van der Waals surface area contributed by atoms with Gasteiger partial charge in [0.05, 0.1) is 0 Å². The molecule has 1 amide bonds. The highest BCUT2D eigenvalue weighted by Crippen LogP contribution is 1.99. The monoisotopic (exact) mass is 207 g/mol. The molecule has 0 atom stereocenters. The maximum absolute atomic E-state index is 10.6. The van der Waals surface area contributed by atoms with E-state index in [2.05, 4.69) is 21.4 Å². The molecule has 0 aliphatic carbocycles. The Kier molecular flexibility index (Phi) is 5.71. The van der Waals surface area contributed by atoms with Gasteiger partial charge in [-0.2, -0.15) is 0 Å². The summed E-state index contributed by atoms with van der Waals surface area (Å²) in [6, 6.07) is 0. The second-order valence-corrected chi connectivity index (χ2v) is 2.37. The lowest BCUT2D eigenvalue weighted by atomic mass is 10.6. The summed E-state index contributed by atoms with van der Waals surface area (Å²) in [6.07, 6.45) is -0.657. The van der Waals surface area contributed by atoms with Crippen molar-refractivity contribution >= 4 is 23.7 Å². The van der Waals surface area contributed by atoms with Crippen LogP contribution in [0.15, 0.2) is 11.6 Å². The van der Waals surface area contributed by atoms with Gasteiger partial charge in [-0.05, 0) is 6.92 Å². The van der Waals surface area contributed by atoms with Gasteiger partial charge in [0.25, 0.3) is 0 Å². The van der Waals surface area contributed by atoms with Gasteiger partial charge in [-0.1, -0.05) is 18.2 Å². The molecule has 0 aromatic rings. The van der Waals surface area contributed by atoms with Crippen molar-refractivity contribution in [2.45, 2.75) is 6.92 Å². The molecule has 0 aliphatic rings. The number of esters is 1. The Labute approximate surface area is 80.6 Å². The Morgan fingerprint density at radius 1 is 1.46 bits per heavy atom. The van der Waals surface area contributed by atoms with Gasteiger partial charge in [-0.3, -0.25) is 0 Å². The molecule has 13 heavy (non-hydrogen) atoms. The number of alkyl carbamates (subject to hydrolysis) is 1. The number of rotatable bonds is 4. The van der Waals surface area contributed by atoms with Crippen molar-refractivity contribution in [3.63, 3.8) is 0 Å². The van der Waals surface area contributed by atoms with Crippen LogP contribution in [0, 0.1) is 0 Å². The fourth-order valence-corrected chi connectivity index (χ4v) is 0.465. The molecule has 0 saturated carbocycles. The third kappa shape index (κ3) is 5.98. The summed E-state index contributed by atoms with van der Waals surface area (Å²) in [4.78, 5) is 21.2. The maximum atomic E-state index is 10.6. The molecule has 5 nitrogen and oxygen atoms in total. The molecule has 0 radical (unpaired) electrons. The van der Waals surface area contributed by atoms with Gasteiger partial charge in [0, 0.05) is 6.54 Å². The number of ether oxygens (including phenoxy) is 2. The van der Waals surface area contributed by atoms with Gasteiger partial charge in [0.1, 0.15) is 5.03 Å². The molecule has 1 N–H and O–H groups in total. The average Bonchev–Trinajstić information content (AvgIpc) is 2.04. The molecule has 0 spiro atoms. The van der Waals surface area contributed by atoms with Crippen LogP contribution in [0.3, 0.4) is 0 Å². The Morgan fingerprint density at radius 2 is 2.08 bits per heavy atom. The first-order chi connectivity index (χ1) is 6.07. The third-order valence-corrected chi connectivity index (χ3v) is 1.08. The number of carbonyl (C=O) groups is 2. The minimum absolute atomic E-state index is 0.264. The van der Waals surface area contributed by atoms with Crippen molar-refractivity contribution in [1.82, 2.24) is 5.32 Å². The second-order valence-electron chi connectivity index (χ2n) is 1.92. The number of nitrogens with one attached hydrogen (secondary N) is 1. The van der Waals surface area contributed by atoms with E-state index in [1.165, 1.54) is 0 Å². The molecule has 0 aromatic heterocycles. The first-order valence-corrected chi connectivity index (χ1v) is 3.88. The molecule has 0 saturated heterocycles. The van der Waals surface area contributed by atoms with E-state index in [1.54, 1.807) is 6.92 Å². The maximum Gasteiger partial charge on any atom is 0.410 e. The number of hydrogen-bond acceptors (Lipinski definition) is 4. The molecule has 0 fully saturated rings. The van der Waals surface area contributed by atoms with Crippen LogP contribution in [0.4, 0.5) is 4.79 Å². The normalized spacial score (nSPS) is 8.77. The SMILES string of the molecule is C=C(Cl)C(=O)OCOC(=O)NCC. The zero-order valence-corrected chi connectivity index (χ0v) is 7.89. The topological polar surface area (TPSA) is 64.6 Å². The van der Waals surface area contributed by atoms with Crippen LogP contribution in [0.25, 0.3) is 0 Å². The smallest absolute Gasteiger partial charge is 0.410 e. The van der Waals surface area contributed by atoms with E-state index in [0.29, 0.717) is 6.54 Å². The summed E-state index contributed by atoms with van der Waals surface area (Å²) in [6.45, 7) is 4.82. The van der Waals surface area contributed by atoms with E-state index in [-0.39, 0.29) is 5.03 Å². The van der Waals surface area contributed by atoms with Gasteiger partial charge < -0.3 is 14.8 Å². The summed E-state index contributed by atoms with van der Waals surface area (Å²) in [5.41, 5.74) is 0. The zero-order valence-electron chi connectivity index (χ0n) is 7.13. The molecule has 0 aromatic carbocycles. The number of halogens is 1. The highest BCUT2D eigenvalue weighted by molar-refractivity contribution is 6.40. The summed E-state index contributed by atoms with van der Waals surface area (Å²) < 4.78 is 8.78. The van der Waals surface area contributed by atoms with Crippen molar-refractivity contribution in [3.8, 4) is 0 Å². The van der Waals surface area contributed by atoms with Crippen LogP contribution in [-0.2, 0) is 14.3 Å². The Morgan fingerprint density at radius 3 is 2.54 bits per heavy atom. The van der Waals surface area contributed by atoms with E-state index in [4.69, 9.17) is 11.6 Å². The first kappa shape index (κ1) is 11.8. The predicted molar refractivity (Wildman–Crippen MR) is 46.1 cm³/mol. The largest absolute Gasteiger partial charge is 0.424 e.